The molecule has 2 heteroatoms. The first-order chi connectivity index (χ1) is 4.05. The van der Waals surface area contributed by atoms with Gasteiger partial charge < -0.3 is 9.28 Å². The quantitative estimate of drug-likeness (QED) is 0.385. The molecule has 1 rings (SSSR count). The van der Waals surface area contributed by atoms with Gasteiger partial charge in [-0.05, 0) is 0 Å². The second kappa shape index (κ2) is 1.81. The molecule has 1 aliphatic carbocycles. The van der Waals surface area contributed by atoms with Crippen molar-refractivity contribution in [2.75, 3.05) is 21.1 Å². The average molecular weight is 128 g/mol. The fourth-order valence-electron chi connectivity index (χ4n) is 1.24. The Morgan fingerprint density at radius 1 is 1.44 bits per heavy atom. The lowest BCUT2D eigenvalue weighted by atomic mass is 10.4. The number of carbonyl (C=O) groups is 1. The topological polar surface area (TPSA) is 17.1 Å². The van der Waals surface area contributed by atoms with E-state index in [1.165, 1.54) is 0 Å². The van der Waals surface area contributed by atoms with Gasteiger partial charge in [-0.2, -0.15) is 0 Å². The second-order valence-corrected chi connectivity index (χ2v) is 3.72. The van der Waals surface area contributed by atoms with Crippen LogP contribution >= 0.6 is 0 Å². The van der Waals surface area contributed by atoms with Crippen molar-refractivity contribution in [3.8, 4) is 0 Å². The zero-order chi connectivity index (χ0) is 7.07. The molecule has 0 aromatic rings. The van der Waals surface area contributed by atoms with Crippen LogP contribution < -0.4 is 0 Å². The van der Waals surface area contributed by atoms with E-state index >= 15 is 0 Å². The molecule has 9 heavy (non-hydrogen) atoms. The van der Waals surface area contributed by atoms with Gasteiger partial charge in [-0.3, -0.25) is 0 Å². The first-order valence-corrected chi connectivity index (χ1v) is 3.32. The van der Waals surface area contributed by atoms with Crippen molar-refractivity contribution in [1.82, 2.24) is 0 Å². The summed E-state index contributed by atoms with van der Waals surface area (Å²) in [5.41, 5.74) is 0. The Morgan fingerprint density at radius 3 is 2.11 bits per heavy atom. The summed E-state index contributed by atoms with van der Waals surface area (Å²) >= 11 is 0. The maximum Gasteiger partial charge on any atom is 0.129 e. The molecule has 0 radical (unpaired) electrons. The molecule has 2 unspecified atom stereocenters. The summed E-state index contributed by atoms with van der Waals surface area (Å²) in [4.78, 5) is 10.2. The van der Waals surface area contributed by atoms with Gasteiger partial charge in [0, 0.05) is 6.42 Å². The fraction of sp³-hybridized carbons (Fsp3) is 0.857. The van der Waals surface area contributed by atoms with Crippen LogP contribution in [0.4, 0.5) is 0 Å². The Labute approximate surface area is 56.1 Å². The zero-order valence-corrected chi connectivity index (χ0v) is 6.29. The third kappa shape index (κ3) is 1.30. The summed E-state index contributed by atoms with van der Waals surface area (Å²) in [7, 11) is 6.40. The molecule has 0 aromatic heterocycles. The lowest BCUT2D eigenvalue weighted by molar-refractivity contribution is -0.882. The van der Waals surface area contributed by atoms with Crippen molar-refractivity contribution in [1.29, 1.82) is 0 Å². The van der Waals surface area contributed by atoms with E-state index in [2.05, 4.69) is 21.1 Å². The fourth-order valence-corrected chi connectivity index (χ4v) is 1.24. The first-order valence-electron chi connectivity index (χ1n) is 3.32. The Hall–Kier alpha value is -0.370. The predicted octanol–water partition coefficient (Wildman–Crippen LogP) is 0.280. The van der Waals surface area contributed by atoms with Crippen LogP contribution in [-0.2, 0) is 4.79 Å². The molecule has 0 aliphatic heterocycles. The van der Waals surface area contributed by atoms with Crippen LogP contribution in [0.5, 0.6) is 0 Å². The summed E-state index contributed by atoms with van der Waals surface area (Å²) < 4.78 is 0.934. The smallest absolute Gasteiger partial charge is 0.129 e. The van der Waals surface area contributed by atoms with Gasteiger partial charge in [0.1, 0.15) is 6.29 Å². The van der Waals surface area contributed by atoms with Crippen LogP contribution in [0.25, 0.3) is 0 Å². The third-order valence-electron chi connectivity index (χ3n) is 1.97. The highest BCUT2D eigenvalue weighted by atomic mass is 16.1. The summed E-state index contributed by atoms with van der Waals surface area (Å²) in [6.45, 7) is 0. The van der Waals surface area contributed by atoms with Gasteiger partial charge >= 0.3 is 0 Å². The van der Waals surface area contributed by atoms with Crippen molar-refractivity contribution < 1.29 is 9.28 Å². The van der Waals surface area contributed by atoms with E-state index in [0.29, 0.717) is 12.0 Å². The van der Waals surface area contributed by atoms with Crippen LogP contribution in [-0.4, -0.2) is 38.0 Å². The molecule has 0 bridgehead atoms. The molecule has 0 N–H and O–H groups in total. The molecule has 52 valence electrons. The molecule has 0 heterocycles. The minimum atomic E-state index is 0.352. The Morgan fingerprint density at radius 2 is 2.00 bits per heavy atom. The van der Waals surface area contributed by atoms with Gasteiger partial charge in [0.25, 0.3) is 0 Å². The molecular formula is C7H14NO+. The molecule has 0 spiro atoms. The van der Waals surface area contributed by atoms with E-state index in [-0.39, 0.29) is 0 Å². The van der Waals surface area contributed by atoms with Gasteiger partial charge in [0.05, 0.1) is 33.1 Å². The normalized spacial score (nSPS) is 34.1. The predicted molar refractivity (Wildman–Crippen MR) is 36.0 cm³/mol. The maximum absolute atomic E-state index is 10.2. The van der Waals surface area contributed by atoms with Crippen LogP contribution in [0.1, 0.15) is 6.42 Å². The van der Waals surface area contributed by atoms with E-state index in [1.807, 2.05) is 0 Å². The van der Waals surface area contributed by atoms with Crippen molar-refractivity contribution >= 4 is 6.29 Å². The van der Waals surface area contributed by atoms with Crippen molar-refractivity contribution in [2.24, 2.45) is 5.92 Å². The van der Waals surface area contributed by atoms with E-state index < -0.39 is 0 Å². The molecule has 1 fully saturated rings. The molecule has 2 nitrogen and oxygen atoms in total. The number of nitrogens with zero attached hydrogens (tertiary/aromatic N) is 1. The van der Waals surface area contributed by atoms with E-state index in [4.69, 9.17) is 0 Å². The Kier molecular flexibility index (Phi) is 1.35. The maximum atomic E-state index is 10.2. The molecule has 0 amide bonds. The monoisotopic (exact) mass is 128 g/mol. The number of rotatable bonds is 2. The summed E-state index contributed by atoms with van der Waals surface area (Å²) in [5, 5.41) is 0. The molecule has 2 atom stereocenters. The molecule has 0 aromatic carbocycles. The highest BCUT2D eigenvalue weighted by Crippen LogP contribution is 2.35. The van der Waals surface area contributed by atoms with Crippen molar-refractivity contribution in [3.63, 3.8) is 0 Å². The Balaban J connectivity index is 2.42. The number of carbonyl (C=O) groups excluding carboxylic acids is 1. The standard InChI is InChI=1S/C7H14NO/c1-8(2,3)7-4-6(7)5-9/h5-7H,4H2,1-3H3/q+1. The highest BCUT2D eigenvalue weighted by Gasteiger charge is 2.47. The van der Waals surface area contributed by atoms with Gasteiger partial charge in [0.15, 0.2) is 0 Å². The van der Waals surface area contributed by atoms with E-state index in [0.717, 1.165) is 17.2 Å². The molecule has 1 saturated carbocycles. The SMILES string of the molecule is C[N+](C)(C)C1CC1C=O. The van der Waals surface area contributed by atoms with Crippen molar-refractivity contribution in [3.05, 3.63) is 0 Å². The van der Waals surface area contributed by atoms with Gasteiger partial charge in [-0.15, -0.1) is 0 Å². The number of aldehydes is 1. The van der Waals surface area contributed by atoms with E-state index in [9.17, 15) is 4.79 Å². The number of quaternary nitrogens is 1. The summed E-state index contributed by atoms with van der Waals surface area (Å²) in [5.74, 6) is 0.352. The largest absolute Gasteiger partial charge is 0.328 e. The Bertz CT molecular complexity index is 125. The average Bonchev–Trinajstić information content (AvgIpc) is 2.39. The first kappa shape index (κ1) is 6.75. The lowest BCUT2D eigenvalue weighted by Gasteiger charge is -2.23. The number of hydrogen-bond donors (Lipinski definition) is 0. The van der Waals surface area contributed by atoms with Crippen molar-refractivity contribution in [2.45, 2.75) is 12.5 Å². The zero-order valence-electron chi connectivity index (χ0n) is 6.29. The van der Waals surface area contributed by atoms with Crippen LogP contribution in [0.2, 0.25) is 0 Å². The van der Waals surface area contributed by atoms with Gasteiger partial charge in [0.2, 0.25) is 0 Å². The second-order valence-electron chi connectivity index (χ2n) is 3.72. The van der Waals surface area contributed by atoms with Crippen LogP contribution in [0.3, 0.4) is 0 Å². The lowest BCUT2D eigenvalue weighted by Crippen LogP contribution is -2.38. The molecule has 1 aliphatic rings. The molecule has 0 saturated heterocycles. The van der Waals surface area contributed by atoms with E-state index in [1.54, 1.807) is 0 Å². The summed E-state index contributed by atoms with van der Waals surface area (Å²) in [6.07, 6.45) is 2.17. The highest BCUT2D eigenvalue weighted by molar-refractivity contribution is 5.58. The molecular weight excluding hydrogens is 114 g/mol. The minimum absolute atomic E-state index is 0.352. The van der Waals surface area contributed by atoms with Crippen LogP contribution in [0.15, 0.2) is 0 Å². The summed E-state index contributed by atoms with van der Waals surface area (Å²) in [6, 6.07) is 0.600. The van der Waals surface area contributed by atoms with Crippen LogP contribution in [0, 0.1) is 5.92 Å². The van der Waals surface area contributed by atoms with Gasteiger partial charge in [-0.25, -0.2) is 0 Å². The third-order valence-corrected chi connectivity index (χ3v) is 1.97. The number of hydrogen-bond acceptors (Lipinski definition) is 1. The van der Waals surface area contributed by atoms with Gasteiger partial charge in [-0.1, -0.05) is 0 Å². The minimum Gasteiger partial charge on any atom is -0.328 e.